The van der Waals surface area contributed by atoms with Crippen molar-refractivity contribution >= 4 is 11.9 Å². The highest BCUT2D eigenvalue weighted by molar-refractivity contribution is 6.00. The van der Waals surface area contributed by atoms with Crippen LogP contribution in [0.2, 0.25) is 0 Å². The molecule has 1 rings (SSSR count). The van der Waals surface area contributed by atoms with E-state index in [1.165, 1.54) is 6.07 Å². The number of ether oxygens (including phenoxy) is 1. The molecule has 0 aliphatic heterocycles. The van der Waals surface area contributed by atoms with Crippen LogP contribution in [0.4, 0.5) is 0 Å². The van der Waals surface area contributed by atoms with Gasteiger partial charge in [-0.15, -0.1) is 0 Å². The molecule has 0 fully saturated rings. The highest BCUT2D eigenvalue weighted by Crippen LogP contribution is 2.11. The molecule has 1 heterocycles. The summed E-state index contributed by atoms with van der Waals surface area (Å²) in [5, 5.41) is 8.63. The fraction of sp³-hybridized carbons (Fsp3) is 0.333. The number of carbonyl (C=O) groups is 2. The first-order valence-electron chi connectivity index (χ1n) is 4.14. The van der Waals surface area contributed by atoms with E-state index in [0.717, 1.165) is 6.26 Å². The van der Waals surface area contributed by atoms with Gasteiger partial charge in [0.05, 0.1) is 12.9 Å². The first-order valence-corrected chi connectivity index (χ1v) is 4.14. The second-order valence-corrected chi connectivity index (χ2v) is 2.60. The summed E-state index contributed by atoms with van der Waals surface area (Å²) in [7, 11) is 0. The number of carbonyl (C=O) groups excluding carboxylic acids is 1. The molecular formula is C9H10O5. The maximum Gasteiger partial charge on any atom is 0.372 e. The Balaban J connectivity index is 2.79. The predicted octanol–water partition coefficient (Wildman–Crippen LogP) is 1.54. The first-order chi connectivity index (χ1) is 6.66. The molecule has 0 saturated heterocycles. The van der Waals surface area contributed by atoms with Crippen LogP contribution in [0.5, 0.6) is 0 Å². The number of hydrogen-bond acceptors (Lipinski definition) is 4. The lowest BCUT2D eigenvalue weighted by atomic mass is 10.2. The Labute approximate surface area is 80.3 Å². The molecule has 0 aliphatic rings. The average molecular weight is 198 g/mol. The summed E-state index contributed by atoms with van der Waals surface area (Å²) in [5.74, 6) is -2.33. The van der Waals surface area contributed by atoms with Gasteiger partial charge in [-0.2, -0.15) is 0 Å². The van der Waals surface area contributed by atoms with Gasteiger partial charge in [0.25, 0.3) is 0 Å². The maximum atomic E-state index is 11.2. The normalized spacial score (nSPS) is 9.79. The molecule has 0 spiro atoms. The van der Waals surface area contributed by atoms with Crippen molar-refractivity contribution in [3.63, 3.8) is 0 Å². The third-order valence-electron chi connectivity index (χ3n) is 1.52. The molecule has 1 aromatic rings. The fourth-order valence-electron chi connectivity index (χ4n) is 0.908. The Morgan fingerprint density at radius 1 is 1.57 bits per heavy atom. The SMILES string of the molecule is CCCOC(=O)c1ccoc1C(=O)O. The molecule has 0 bridgehead atoms. The van der Waals surface area contributed by atoms with Crippen LogP contribution in [0, 0.1) is 0 Å². The second kappa shape index (κ2) is 4.45. The molecule has 0 aromatic carbocycles. The molecule has 0 atom stereocenters. The van der Waals surface area contributed by atoms with Crippen LogP contribution in [0.1, 0.15) is 34.3 Å². The van der Waals surface area contributed by atoms with Crippen molar-refractivity contribution in [1.29, 1.82) is 0 Å². The zero-order valence-corrected chi connectivity index (χ0v) is 7.65. The minimum Gasteiger partial charge on any atom is -0.475 e. The zero-order chi connectivity index (χ0) is 10.6. The van der Waals surface area contributed by atoms with Gasteiger partial charge >= 0.3 is 11.9 Å². The van der Waals surface area contributed by atoms with E-state index in [-0.39, 0.29) is 17.9 Å². The van der Waals surface area contributed by atoms with Crippen LogP contribution >= 0.6 is 0 Å². The number of hydrogen-bond donors (Lipinski definition) is 1. The van der Waals surface area contributed by atoms with Crippen LogP contribution in [0.3, 0.4) is 0 Å². The van der Waals surface area contributed by atoms with Crippen LogP contribution in [-0.2, 0) is 4.74 Å². The van der Waals surface area contributed by atoms with Crippen molar-refractivity contribution in [2.24, 2.45) is 0 Å². The fourth-order valence-corrected chi connectivity index (χ4v) is 0.908. The van der Waals surface area contributed by atoms with E-state index in [1.54, 1.807) is 0 Å². The standard InChI is InChI=1S/C9H10O5/c1-2-4-14-9(12)6-3-5-13-7(6)8(10)11/h3,5H,2,4H2,1H3,(H,10,11). The molecule has 0 unspecified atom stereocenters. The third-order valence-corrected chi connectivity index (χ3v) is 1.52. The van der Waals surface area contributed by atoms with E-state index in [9.17, 15) is 9.59 Å². The van der Waals surface area contributed by atoms with E-state index < -0.39 is 11.9 Å². The molecule has 1 N–H and O–H groups in total. The lowest BCUT2D eigenvalue weighted by molar-refractivity contribution is 0.0489. The van der Waals surface area contributed by atoms with E-state index in [4.69, 9.17) is 9.84 Å². The van der Waals surface area contributed by atoms with Crippen LogP contribution in [0.25, 0.3) is 0 Å². The van der Waals surface area contributed by atoms with Crippen LogP contribution < -0.4 is 0 Å². The highest BCUT2D eigenvalue weighted by Gasteiger charge is 2.20. The zero-order valence-electron chi connectivity index (χ0n) is 7.65. The van der Waals surface area contributed by atoms with Crippen molar-refractivity contribution in [3.8, 4) is 0 Å². The Morgan fingerprint density at radius 3 is 2.86 bits per heavy atom. The minimum absolute atomic E-state index is 0.0500. The number of carboxylic acid groups (broad SMARTS) is 1. The molecule has 0 aliphatic carbocycles. The Hall–Kier alpha value is -1.78. The van der Waals surface area contributed by atoms with E-state index in [1.807, 2.05) is 6.92 Å². The van der Waals surface area contributed by atoms with Crippen molar-refractivity contribution in [2.45, 2.75) is 13.3 Å². The first kappa shape index (κ1) is 10.3. The van der Waals surface area contributed by atoms with Crippen molar-refractivity contribution in [1.82, 2.24) is 0 Å². The maximum absolute atomic E-state index is 11.2. The molecule has 1 aromatic heterocycles. The van der Waals surface area contributed by atoms with Gasteiger partial charge in [-0.1, -0.05) is 6.92 Å². The van der Waals surface area contributed by atoms with Gasteiger partial charge in [-0.25, -0.2) is 9.59 Å². The second-order valence-electron chi connectivity index (χ2n) is 2.60. The van der Waals surface area contributed by atoms with Crippen molar-refractivity contribution in [2.75, 3.05) is 6.61 Å². The molecule has 0 radical (unpaired) electrons. The van der Waals surface area contributed by atoms with Gasteiger partial charge in [-0.05, 0) is 12.5 Å². The topological polar surface area (TPSA) is 76.7 Å². The quantitative estimate of drug-likeness (QED) is 0.742. The number of carboxylic acids is 1. The summed E-state index contributed by atoms with van der Waals surface area (Å²) >= 11 is 0. The monoisotopic (exact) mass is 198 g/mol. The van der Waals surface area contributed by atoms with E-state index in [0.29, 0.717) is 6.42 Å². The number of furan rings is 1. The lowest BCUT2D eigenvalue weighted by Crippen LogP contribution is -2.09. The molecule has 5 heteroatoms. The van der Waals surface area contributed by atoms with Gasteiger partial charge in [0.2, 0.25) is 5.76 Å². The Kier molecular flexibility index (Phi) is 3.28. The molecule has 0 amide bonds. The number of esters is 1. The van der Waals surface area contributed by atoms with Crippen LogP contribution in [-0.4, -0.2) is 23.7 Å². The minimum atomic E-state index is -1.28. The molecular weight excluding hydrogens is 188 g/mol. The molecule has 76 valence electrons. The summed E-state index contributed by atoms with van der Waals surface area (Å²) in [6, 6.07) is 1.28. The van der Waals surface area contributed by atoms with Gasteiger partial charge in [0, 0.05) is 0 Å². The Morgan fingerprint density at radius 2 is 2.29 bits per heavy atom. The average Bonchev–Trinajstić information content (AvgIpc) is 2.62. The largest absolute Gasteiger partial charge is 0.475 e. The third kappa shape index (κ3) is 2.12. The summed E-state index contributed by atoms with van der Waals surface area (Å²) < 4.78 is 9.39. The van der Waals surface area contributed by atoms with Gasteiger partial charge in [0.15, 0.2) is 0 Å². The molecule has 5 nitrogen and oxygen atoms in total. The summed E-state index contributed by atoms with van der Waals surface area (Å²) in [5.41, 5.74) is -0.0500. The van der Waals surface area contributed by atoms with Gasteiger partial charge in [0.1, 0.15) is 5.56 Å². The summed E-state index contributed by atoms with van der Waals surface area (Å²) in [4.78, 5) is 21.8. The van der Waals surface area contributed by atoms with Crippen molar-refractivity contribution < 1.29 is 23.8 Å². The van der Waals surface area contributed by atoms with Crippen molar-refractivity contribution in [3.05, 3.63) is 23.7 Å². The smallest absolute Gasteiger partial charge is 0.372 e. The summed E-state index contributed by atoms with van der Waals surface area (Å²) in [6.45, 7) is 2.11. The molecule has 14 heavy (non-hydrogen) atoms. The van der Waals surface area contributed by atoms with E-state index in [2.05, 4.69) is 4.42 Å². The number of aromatic carboxylic acids is 1. The summed E-state index contributed by atoms with van der Waals surface area (Å²) in [6.07, 6.45) is 1.83. The highest BCUT2D eigenvalue weighted by atomic mass is 16.5. The predicted molar refractivity (Wildman–Crippen MR) is 46.2 cm³/mol. The number of rotatable bonds is 4. The van der Waals surface area contributed by atoms with E-state index >= 15 is 0 Å². The van der Waals surface area contributed by atoms with Crippen LogP contribution in [0.15, 0.2) is 16.7 Å². The van der Waals surface area contributed by atoms with Gasteiger partial charge in [-0.3, -0.25) is 0 Å². The Bertz CT molecular complexity index is 339. The molecule has 0 saturated carbocycles. The lowest BCUT2D eigenvalue weighted by Gasteiger charge is -2.00. The van der Waals surface area contributed by atoms with Gasteiger partial charge < -0.3 is 14.3 Å².